The second-order valence-electron chi connectivity index (χ2n) is 7.17. The number of pyridine rings is 1. The number of rotatable bonds is 6. The molecule has 1 amide bonds. The molecule has 156 valence electrons. The maximum Gasteiger partial charge on any atom is 0.294 e. The van der Waals surface area contributed by atoms with Gasteiger partial charge in [0, 0.05) is 23.8 Å². The highest BCUT2D eigenvalue weighted by molar-refractivity contribution is 6.31. The molecule has 1 atom stereocenters. The fraction of sp³-hybridized carbons (Fsp3) is 0.125. The van der Waals surface area contributed by atoms with Crippen molar-refractivity contribution in [3.63, 3.8) is 0 Å². The molecule has 0 saturated carbocycles. The fourth-order valence-corrected chi connectivity index (χ4v) is 3.88. The molecule has 6 nitrogen and oxygen atoms in total. The van der Waals surface area contributed by atoms with Crippen molar-refractivity contribution in [2.24, 2.45) is 0 Å². The minimum atomic E-state index is -0.936. The van der Waals surface area contributed by atoms with Crippen LogP contribution >= 0.6 is 11.6 Å². The molecule has 0 spiro atoms. The SMILES string of the molecule is O=C(CCc1ccccc1)C1=C(O)C(=O)N(c2cc(Cl)ccc2O)C1c1cccnc1. The zero-order chi connectivity index (χ0) is 22.0. The summed E-state index contributed by atoms with van der Waals surface area (Å²) in [6.45, 7) is 0. The van der Waals surface area contributed by atoms with Crippen LogP contribution in [0.4, 0.5) is 5.69 Å². The monoisotopic (exact) mass is 434 g/mol. The molecule has 0 radical (unpaired) electrons. The standard InChI is InChI=1S/C24H19ClN2O4/c25-17-9-11-19(28)18(13-17)27-22(16-7-4-12-26-14-16)21(23(30)24(27)31)20(29)10-8-15-5-2-1-3-6-15/h1-7,9,11-14,22,28,30H,8,10H2. The van der Waals surface area contributed by atoms with E-state index in [2.05, 4.69) is 4.98 Å². The Morgan fingerprint density at radius 3 is 2.55 bits per heavy atom. The van der Waals surface area contributed by atoms with E-state index < -0.39 is 17.7 Å². The lowest BCUT2D eigenvalue weighted by molar-refractivity contribution is -0.118. The molecule has 1 aliphatic rings. The van der Waals surface area contributed by atoms with Crippen molar-refractivity contribution in [3.05, 3.63) is 101 Å². The van der Waals surface area contributed by atoms with Gasteiger partial charge in [-0.25, -0.2) is 0 Å². The number of carbonyl (C=O) groups is 2. The quantitative estimate of drug-likeness (QED) is 0.594. The number of aromatic hydroxyl groups is 1. The Morgan fingerprint density at radius 1 is 1.06 bits per heavy atom. The third kappa shape index (κ3) is 4.02. The molecule has 0 saturated heterocycles. The average molecular weight is 435 g/mol. The van der Waals surface area contributed by atoms with Gasteiger partial charge in [-0.2, -0.15) is 0 Å². The Hall–Kier alpha value is -3.64. The number of aliphatic hydroxyl groups excluding tert-OH is 1. The van der Waals surface area contributed by atoms with Gasteiger partial charge in [0.05, 0.1) is 17.3 Å². The van der Waals surface area contributed by atoms with Crippen molar-refractivity contribution in [2.75, 3.05) is 4.90 Å². The molecular formula is C24H19ClN2O4. The maximum atomic E-state index is 13.2. The van der Waals surface area contributed by atoms with E-state index in [9.17, 15) is 19.8 Å². The molecule has 2 N–H and O–H groups in total. The predicted octanol–water partition coefficient (Wildman–Crippen LogP) is 4.54. The number of hydrogen-bond donors (Lipinski definition) is 2. The van der Waals surface area contributed by atoms with E-state index in [1.54, 1.807) is 18.3 Å². The van der Waals surface area contributed by atoms with Crippen LogP contribution in [0.3, 0.4) is 0 Å². The molecule has 3 aromatic rings. The number of amides is 1. The van der Waals surface area contributed by atoms with Crippen molar-refractivity contribution in [3.8, 4) is 5.75 Å². The lowest BCUT2D eigenvalue weighted by atomic mass is 9.94. The smallest absolute Gasteiger partial charge is 0.294 e. The van der Waals surface area contributed by atoms with E-state index in [1.165, 1.54) is 29.3 Å². The van der Waals surface area contributed by atoms with Gasteiger partial charge in [-0.15, -0.1) is 0 Å². The van der Waals surface area contributed by atoms with Crippen molar-refractivity contribution in [1.82, 2.24) is 4.98 Å². The number of aryl methyl sites for hydroxylation is 1. The number of Topliss-reactive ketones (excluding diaryl/α,β-unsaturated/α-hetero) is 1. The van der Waals surface area contributed by atoms with Crippen molar-refractivity contribution in [1.29, 1.82) is 0 Å². The first-order chi connectivity index (χ1) is 15.0. The van der Waals surface area contributed by atoms with Crippen LogP contribution in [0.5, 0.6) is 5.75 Å². The highest BCUT2D eigenvalue weighted by atomic mass is 35.5. The summed E-state index contributed by atoms with van der Waals surface area (Å²) >= 11 is 6.09. The topological polar surface area (TPSA) is 90.7 Å². The number of ketones is 1. The molecule has 0 aliphatic carbocycles. The molecule has 31 heavy (non-hydrogen) atoms. The third-order valence-corrected chi connectivity index (χ3v) is 5.42. The number of carbonyl (C=O) groups excluding carboxylic acids is 2. The van der Waals surface area contributed by atoms with Gasteiger partial charge < -0.3 is 10.2 Å². The van der Waals surface area contributed by atoms with E-state index in [1.807, 2.05) is 30.3 Å². The normalized spacial score (nSPS) is 16.1. The largest absolute Gasteiger partial charge is 0.506 e. The molecule has 0 fully saturated rings. The summed E-state index contributed by atoms with van der Waals surface area (Å²) in [6, 6.07) is 16.2. The second kappa shape index (κ2) is 8.62. The number of aromatic nitrogens is 1. The number of phenolic OH excluding ortho intramolecular Hbond substituents is 1. The lowest BCUT2D eigenvalue weighted by Crippen LogP contribution is -2.31. The molecule has 4 rings (SSSR count). The fourth-order valence-electron chi connectivity index (χ4n) is 3.72. The summed E-state index contributed by atoms with van der Waals surface area (Å²) in [7, 11) is 0. The molecule has 1 aromatic heterocycles. The Balaban J connectivity index is 1.75. The van der Waals surface area contributed by atoms with Gasteiger partial charge in [-0.3, -0.25) is 19.5 Å². The number of halogens is 1. The number of phenols is 1. The summed E-state index contributed by atoms with van der Waals surface area (Å²) in [6.07, 6.45) is 3.67. The van der Waals surface area contributed by atoms with Gasteiger partial charge >= 0.3 is 0 Å². The molecule has 2 heterocycles. The van der Waals surface area contributed by atoms with Crippen LogP contribution < -0.4 is 4.90 Å². The van der Waals surface area contributed by atoms with Crippen LogP contribution in [0, 0.1) is 0 Å². The first-order valence-corrected chi connectivity index (χ1v) is 10.1. The minimum Gasteiger partial charge on any atom is -0.506 e. The average Bonchev–Trinajstić information content (AvgIpc) is 3.06. The van der Waals surface area contributed by atoms with Crippen molar-refractivity contribution in [2.45, 2.75) is 18.9 Å². The molecular weight excluding hydrogens is 416 g/mol. The number of benzene rings is 2. The summed E-state index contributed by atoms with van der Waals surface area (Å²) < 4.78 is 0. The van der Waals surface area contributed by atoms with Crippen molar-refractivity contribution < 1.29 is 19.8 Å². The van der Waals surface area contributed by atoms with Gasteiger partial charge in [-0.05, 0) is 41.8 Å². The summed E-state index contributed by atoms with van der Waals surface area (Å²) in [5.74, 6) is -1.97. The molecule has 7 heteroatoms. The number of hydrogen-bond acceptors (Lipinski definition) is 5. The van der Waals surface area contributed by atoms with Crippen LogP contribution in [0.2, 0.25) is 5.02 Å². The first-order valence-electron chi connectivity index (χ1n) is 9.69. The molecule has 1 aliphatic heterocycles. The number of nitrogens with zero attached hydrogens (tertiary/aromatic N) is 2. The van der Waals surface area contributed by atoms with E-state index in [0.29, 0.717) is 17.0 Å². The molecule has 2 aromatic carbocycles. The summed E-state index contributed by atoms with van der Waals surface area (Å²) in [5.41, 5.74) is 1.59. The zero-order valence-corrected chi connectivity index (χ0v) is 17.2. The van der Waals surface area contributed by atoms with Gasteiger partial charge in [0.1, 0.15) is 5.75 Å². The highest BCUT2D eigenvalue weighted by Gasteiger charge is 2.45. The van der Waals surface area contributed by atoms with Crippen LogP contribution in [-0.2, 0) is 16.0 Å². The number of anilines is 1. The molecule has 0 bridgehead atoms. The van der Waals surface area contributed by atoms with Crippen LogP contribution in [0.25, 0.3) is 0 Å². The maximum absolute atomic E-state index is 13.2. The van der Waals surface area contributed by atoms with Gasteiger partial charge in [0.15, 0.2) is 11.5 Å². The van der Waals surface area contributed by atoms with Crippen LogP contribution in [0.1, 0.15) is 23.6 Å². The first kappa shape index (κ1) is 20.6. The predicted molar refractivity (Wildman–Crippen MR) is 117 cm³/mol. The van der Waals surface area contributed by atoms with E-state index >= 15 is 0 Å². The van der Waals surface area contributed by atoms with E-state index in [-0.39, 0.29) is 29.2 Å². The van der Waals surface area contributed by atoms with Gasteiger partial charge in [0.2, 0.25) is 0 Å². The van der Waals surface area contributed by atoms with Gasteiger partial charge in [0.25, 0.3) is 5.91 Å². The van der Waals surface area contributed by atoms with Crippen molar-refractivity contribution >= 4 is 29.0 Å². The van der Waals surface area contributed by atoms with Gasteiger partial charge in [-0.1, -0.05) is 48.0 Å². The second-order valence-corrected chi connectivity index (χ2v) is 7.60. The Bertz CT molecular complexity index is 1160. The zero-order valence-electron chi connectivity index (χ0n) is 16.4. The van der Waals surface area contributed by atoms with Crippen LogP contribution in [0.15, 0.2) is 84.4 Å². The lowest BCUT2D eigenvalue weighted by Gasteiger charge is -2.27. The Labute approximate surface area is 184 Å². The van der Waals surface area contributed by atoms with E-state index in [4.69, 9.17) is 11.6 Å². The van der Waals surface area contributed by atoms with E-state index in [0.717, 1.165) is 5.56 Å². The summed E-state index contributed by atoms with van der Waals surface area (Å²) in [5, 5.41) is 21.4. The van der Waals surface area contributed by atoms with Crippen LogP contribution in [-0.4, -0.2) is 26.9 Å². The Kier molecular flexibility index (Phi) is 5.73. The Morgan fingerprint density at radius 2 is 1.84 bits per heavy atom. The highest BCUT2D eigenvalue weighted by Crippen LogP contribution is 2.44. The minimum absolute atomic E-state index is 0.0201. The third-order valence-electron chi connectivity index (χ3n) is 5.19. The number of aliphatic hydroxyl groups is 1. The molecule has 1 unspecified atom stereocenters. The summed E-state index contributed by atoms with van der Waals surface area (Å²) in [4.78, 5) is 31.5.